The lowest BCUT2D eigenvalue weighted by atomic mass is 9.92. The fourth-order valence-corrected chi connectivity index (χ4v) is 2.90. The van der Waals surface area contributed by atoms with E-state index in [1.165, 1.54) is 12.1 Å². The summed E-state index contributed by atoms with van der Waals surface area (Å²) in [6, 6.07) is 4.57. The molecule has 0 spiro atoms. The minimum atomic E-state index is -0.306. The summed E-state index contributed by atoms with van der Waals surface area (Å²) in [7, 11) is 0. The van der Waals surface area contributed by atoms with Crippen molar-refractivity contribution in [3.8, 4) is 28.7 Å². The van der Waals surface area contributed by atoms with Crippen molar-refractivity contribution in [2.75, 3.05) is 0 Å². The maximum Gasteiger partial charge on any atom is 0.157 e. The number of hydrogen-bond acceptors (Lipinski definition) is 5. The molecule has 2 aromatic rings. The summed E-state index contributed by atoms with van der Waals surface area (Å²) in [5, 5.41) is 39.3. The molecule has 5 heteroatoms. The molecule has 5 nitrogen and oxygen atoms in total. The number of aromatic hydroxyl groups is 4. The quantitative estimate of drug-likeness (QED) is 0.607. The maximum atomic E-state index is 10.2. The first-order valence-corrected chi connectivity index (χ1v) is 7.12. The Labute approximate surface area is 128 Å². The first-order valence-electron chi connectivity index (χ1n) is 7.12. The van der Waals surface area contributed by atoms with Crippen LogP contribution in [0.25, 0.3) is 0 Å². The molecule has 4 N–H and O–H groups in total. The van der Waals surface area contributed by atoms with Crippen LogP contribution in [0.4, 0.5) is 0 Å². The van der Waals surface area contributed by atoms with Crippen molar-refractivity contribution in [1.82, 2.24) is 0 Å². The van der Waals surface area contributed by atoms with Crippen LogP contribution >= 0.6 is 0 Å². The van der Waals surface area contributed by atoms with Crippen LogP contribution in [0.5, 0.6) is 28.7 Å². The van der Waals surface area contributed by atoms with E-state index in [4.69, 9.17) is 4.74 Å². The van der Waals surface area contributed by atoms with E-state index < -0.39 is 0 Å². The normalized spacial score (nSPS) is 16.9. The van der Waals surface area contributed by atoms with Gasteiger partial charge >= 0.3 is 0 Å². The summed E-state index contributed by atoms with van der Waals surface area (Å²) in [6.07, 6.45) is 0.934. The third-order valence-corrected chi connectivity index (χ3v) is 4.25. The highest BCUT2D eigenvalue weighted by atomic mass is 16.5. The Balaban J connectivity index is 2.02. The largest absolute Gasteiger partial charge is 0.507 e. The molecule has 1 aliphatic rings. The molecule has 2 aromatic carbocycles. The van der Waals surface area contributed by atoms with Crippen molar-refractivity contribution in [2.45, 2.75) is 32.8 Å². The summed E-state index contributed by atoms with van der Waals surface area (Å²) in [6.45, 7) is 3.42. The molecule has 22 heavy (non-hydrogen) atoms. The molecule has 0 saturated carbocycles. The number of hydrogen-bond donors (Lipinski definition) is 4. The third-order valence-electron chi connectivity index (χ3n) is 4.25. The molecule has 0 fully saturated rings. The van der Waals surface area contributed by atoms with Gasteiger partial charge in [-0.1, -0.05) is 6.07 Å². The molecule has 0 bridgehead atoms. The summed E-state index contributed by atoms with van der Waals surface area (Å²) >= 11 is 0. The van der Waals surface area contributed by atoms with Crippen LogP contribution < -0.4 is 4.74 Å². The monoisotopic (exact) mass is 302 g/mol. The first-order chi connectivity index (χ1) is 10.4. The highest BCUT2D eigenvalue weighted by molar-refractivity contribution is 5.61. The van der Waals surface area contributed by atoms with Gasteiger partial charge in [-0.2, -0.15) is 0 Å². The van der Waals surface area contributed by atoms with Gasteiger partial charge in [0.15, 0.2) is 11.5 Å². The minimum absolute atomic E-state index is 0.0328. The molecule has 0 radical (unpaired) electrons. The zero-order valence-electron chi connectivity index (χ0n) is 12.4. The van der Waals surface area contributed by atoms with Gasteiger partial charge < -0.3 is 25.2 Å². The van der Waals surface area contributed by atoms with Crippen molar-refractivity contribution in [3.05, 3.63) is 40.5 Å². The Morgan fingerprint density at radius 1 is 0.955 bits per heavy atom. The molecule has 1 atom stereocenters. The van der Waals surface area contributed by atoms with Crippen LogP contribution in [0, 0.1) is 13.8 Å². The van der Waals surface area contributed by atoms with Crippen LogP contribution in [0.3, 0.4) is 0 Å². The number of ether oxygens (including phenoxy) is 1. The molecule has 116 valence electrons. The predicted octanol–water partition coefficient (Wildman–Crippen LogP) is 3.19. The van der Waals surface area contributed by atoms with Crippen molar-refractivity contribution < 1.29 is 25.2 Å². The summed E-state index contributed by atoms with van der Waals surface area (Å²) in [5.74, 6) is 0.222. The van der Waals surface area contributed by atoms with Gasteiger partial charge in [-0.25, -0.2) is 0 Å². The van der Waals surface area contributed by atoms with Crippen LogP contribution in [0.1, 0.15) is 34.8 Å². The lowest BCUT2D eigenvalue weighted by Crippen LogP contribution is -2.16. The zero-order valence-corrected chi connectivity index (χ0v) is 12.4. The highest BCUT2D eigenvalue weighted by Gasteiger charge is 2.28. The second-order valence-electron chi connectivity index (χ2n) is 5.65. The smallest absolute Gasteiger partial charge is 0.157 e. The third kappa shape index (κ3) is 2.09. The maximum absolute atomic E-state index is 10.2. The standard InChI is InChI=1S/C17H18O5/c1-8-15(20)9(2)17-11(16(8)21)4-6-14(22-17)10-3-5-12(18)13(19)7-10/h3,5,7,14,18-21H,4,6H2,1-2H3/t14-/m0/s1. The number of phenolic OH excluding ortho intramolecular Hbond substituents is 4. The number of rotatable bonds is 1. The van der Waals surface area contributed by atoms with Gasteiger partial charge in [0.1, 0.15) is 23.4 Å². The molecule has 1 heterocycles. The molecule has 0 aromatic heterocycles. The molecular weight excluding hydrogens is 284 g/mol. The molecule has 0 unspecified atom stereocenters. The predicted molar refractivity (Wildman–Crippen MR) is 80.7 cm³/mol. The lowest BCUT2D eigenvalue weighted by molar-refractivity contribution is 0.171. The average molecular weight is 302 g/mol. The molecular formula is C17H18O5. The van der Waals surface area contributed by atoms with Crippen molar-refractivity contribution in [1.29, 1.82) is 0 Å². The van der Waals surface area contributed by atoms with Crippen molar-refractivity contribution in [2.24, 2.45) is 0 Å². The van der Waals surface area contributed by atoms with Crippen LogP contribution in [-0.2, 0) is 6.42 Å². The average Bonchev–Trinajstić information content (AvgIpc) is 2.53. The second-order valence-corrected chi connectivity index (χ2v) is 5.65. The van der Waals surface area contributed by atoms with Gasteiger partial charge in [0.25, 0.3) is 0 Å². The van der Waals surface area contributed by atoms with E-state index in [1.807, 2.05) is 0 Å². The topological polar surface area (TPSA) is 90.2 Å². The van der Waals surface area contributed by atoms with E-state index in [9.17, 15) is 20.4 Å². The number of phenols is 4. The van der Waals surface area contributed by atoms with Crippen molar-refractivity contribution in [3.63, 3.8) is 0 Å². The fraction of sp³-hybridized carbons (Fsp3) is 0.294. The summed E-state index contributed by atoms with van der Waals surface area (Å²) < 4.78 is 5.95. The minimum Gasteiger partial charge on any atom is -0.507 e. The lowest BCUT2D eigenvalue weighted by Gasteiger charge is -2.29. The highest BCUT2D eigenvalue weighted by Crippen LogP contribution is 2.47. The summed E-state index contributed by atoms with van der Waals surface area (Å²) in [4.78, 5) is 0. The fourth-order valence-electron chi connectivity index (χ4n) is 2.90. The Morgan fingerprint density at radius 2 is 1.68 bits per heavy atom. The SMILES string of the molecule is Cc1c(O)c(C)c2c(c1O)CC[C@@H](c1ccc(O)c(O)c1)O2. The van der Waals surface area contributed by atoms with E-state index in [1.54, 1.807) is 19.9 Å². The van der Waals surface area contributed by atoms with Gasteiger partial charge in [0.05, 0.1) is 0 Å². The Bertz CT molecular complexity index is 751. The second kappa shape index (κ2) is 5.02. The van der Waals surface area contributed by atoms with E-state index in [2.05, 4.69) is 0 Å². The number of benzene rings is 2. The van der Waals surface area contributed by atoms with E-state index in [0.29, 0.717) is 35.3 Å². The summed E-state index contributed by atoms with van der Waals surface area (Å²) in [5.41, 5.74) is 2.49. The molecule has 0 aliphatic carbocycles. The van der Waals surface area contributed by atoms with E-state index in [0.717, 1.165) is 5.56 Å². The van der Waals surface area contributed by atoms with Crippen LogP contribution in [-0.4, -0.2) is 20.4 Å². The Morgan fingerprint density at radius 3 is 2.36 bits per heavy atom. The molecule has 3 rings (SSSR count). The van der Waals surface area contributed by atoms with E-state index >= 15 is 0 Å². The number of fused-ring (bicyclic) bond motifs is 1. The molecule has 0 saturated heterocycles. The zero-order chi connectivity index (χ0) is 16.0. The Kier molecular flexibility index (Phi) is 3.28. The van der Waals surface area contributed by atoms with Gasteiger partial charge in [0, 0.05) is 16.7 Å². The van der Waals surface area contributed by atoms with Crippen LogP contribution in [0.15, 0.2) is 18.2 Å². The van der Waals surface area contributed by atoms with Crippen LogP contribution in [0.2, 0.25) is 0 Å². The van der Waals surface area contributed by atoms with Gasteiger partial charge in [-0.3, -0.25) is 0 Å². The molecule has 1 aliphatic heterocycles. The molecule has 0 amide bonds. The van der Waals surface area contributed by atoms with Crippen molar-refractivity contribution >= 4 is 0 Å². The van der Waals surface area contributed by atoms with Gasteiger partial charge in [-0.15, -0.1) is 0 Å². The Hall–Kier alpha value is -2.56. The van der Waals surface area contributed by atoms with Gasteiger partial charge in [-0.05, 0) is 44.4 Å². The van der Waals surface area contributed by atoms with Gasteiger partial charge in [0.2, 0.25) is 0 Å². The first kappa shape index (κ1) is 14.4. The van der Waals surface area contributed by atoms with E-state index in [-0.39, 0.29) is 29.1 Å².